The largest absolute Gasteiger partial charge is 0.416 e. The molecule has 0 aliphatic carbocycles. The smallest absolute Gasteiger partial charge is 0.336 e. The lowest BCUT2D eigenvalue weighted by Crippen LogP contribution is -2.58. The van der Waals surface area contributed by atoms with Gasteiger partial charge in [0.25, 0.3) is 0 Å². The van der Waals surface area contributed by atoms with Gasteiger partial charge in [0, 0.05) is 12.2 Å². The predicted octanol–water partition coefficient (Wildman–Crippen LogP) is 0.655. The maximum Gasteiger partial charge on any atom is 0.416 e. The van der Waals surface area contributed by atoms with E-state index in [2.05, 4.69) is 5.32 Å². The molecule has 2 rings (SSSR count). The van der Waals surface area contributed by atoms with E-state index in [0.717, 1.165) is 12.1 Å². The number of halogens is 3. The molecule has 0 aromatic heterocycles. The molecule has 22 heavy (non-hydrogen) atoms. The number of urea groups is 1. The summed E-state index contributed by atoms with van der Waals surface area (Å²) < 4.78 is 63.2. The average Bonchev–Trinajstić information content (AvgIpc) is 2.37. The van der Waals surface area contributed by atoms with Crippen molar-refractivity contribution in [3.63, 3.8) is 0 Å². The second kappa shape index (κ2) is 5.48. The Morgan fingerprint density at radius 3 is 2.23 bits per heavy atom. The van der Waals surface area contributed by atoms with Crippen molar-refractivity contribution in [2.24, 2.45) is 0 Å². The zero-order valence-electron chi connectivity index (χ0n) is 10.8. The van der Waals surface area contributed by atoms with E-state index in [1.165, 1.54) is 0 Å². The maximum absolute atomic E-state index is 12.4. The van der Waals surface area contributed by atoms with Crippen molar-refractivity contribution in [3.8, 4) is 0 Å². The summed E-state index contributed by atoms with van der Waals surface area (Å²) in [5.41, 5.74) is -1.06. The van der Waals surface area contributed by atoms with E-state index in [-0.39, 0.29) is 5.69 Å². The van der Waals surface area contributed by atoms with Crippen LogP contribution in [-0.4, -0.2) is 32.2 Å². The molecule has 120 valence electrons. The molecule has 1 saturated heterocycles. The number of amides is 3. The summed E-state index contributed by atoms with van der Waals surface area (Å²) in [5.74, 6) is -1.01. The van der Waals surface area contributed by atoms with E-state index in [9.17, 15) is 31.2 Å². The van der Waals surface area contributed by atoms with E-state index in [0.29, 0.717) is 12.1 Å². The van der Waals surface area contributed by atoms with Crippen molar-refractivity contribution < 1.29 is 31.2 Å². The van der Waals surface area contributed by atoms with E-state index in [4.69, 9.17) is 0 Å². The monoisotopic (exact) mass is 337 g/mol. The number of imide groups is 1. The Kier molecular flexibility index (Phi) is 4.00. The van der Waals surface area contributed by atoms with Gasteiger partial charge in [0.05, 0.1) is 5.56 Å². The van der Waals surface area contributed by atoms with Crippen molar-refractivity contribution in [2.45, 2.75) is 11.4 Å². The lowest BCUT2D eigenvalue weighted by Gasteiger charge is -2.22. The van der Waals surface area contributed by atoms with Crippen molar-refractivity contribution in [2.75, 3.05) is 11.3 Å². The molecule has 1 aliphatic heterocycles. The number of anilines is 1. The highest BCUT2D eigenvalue weighted by molar-refractivity contribution is 7.94. The third-order valence-electron chi connectivity index (χ3n) is 2.82. The number of carbonyl (C=O) groups is 2. The first-order valence-corrected chi connectivity index (χ1v) is 7.42. The molecule has 1 heterocycles. The quantitative estimate of drug-likeness (QED) is 0.753. The number of nitrogens with one attached hydrogen (secondary N) is 3. The van der Waals surface area contributed by atoms with Crippen LogP contribution in [0.1, 0.15) is 5.56 Å². The van der Waals surface area contributed by atoms with Gasteiger partial charge in [-0.05, 0) is 24.3 Å². The normalized spacial score (nSPS) is 19.3. The fraction of sp³-hybridized carbons (Fsp3) is 0.273. The fourth-order valence-corrected chi connectivity index (χ4v) is 2.98. The number of alkyl halides is 3. The van der Waals surface area contributed by atoms with Gasteiger partial charge in [-0.3, -0.25) is 14.8 Å². The van der Waals surface area contributed by atoms with Crippen molar-refractivity contribution in [3.05, 3.63) is 29.8 Å². The predicted molar refractivity (Wildman–Crippen MR) is 69.3 cm³/mol. The number of benzene rings is 1. The minimum Gasteiger partial charge on any atom is -0.336 e. The lowest BCUT2D eigenvalue weighted by molar-refractivity contribution is -0.137. The molecule has 0 bridgehead atoms. The summed E-state index contributed by atoms with van der Waals surface area (Å²) in [6.45, 7) is -0.430. The summed E-state index contributed by atoms with van der Waals surface area (Å²) in [4.78, 5) is 22.4. The first-order chi connectivity index (χ1) is 10.1. The van der Waals surface area contributed by atoms with Crippen LogP contribution in [0, 0.1) is 0 Å². The Labute approximate surface area is 122 Å². The van der Waals surface area contributed by atoms with Crippen LogP contribution in [-0.2, 0) is 21.0 Å². The highest BCUT2D eigenvalue weighted by Gasteiger charge is 2.37. The molecule has 0 radical (unpaired) electrons. The topological polar surface area (TPSA) is 104 Å². The Hall–Kier alpha value is -2.30. The molecular formula is C11H10F3N3O4S. The van der Waals surface area contributed by atoms with Crippen LogP contribution in [0.2, 0.25) is 0 Å². The number of hydrogen-bond acceptors (Lipinski definition) is 4. The van der Waals surface area contributed by atoms with Crippen LogP contribution in [0.5, 0.6) is 0 Å². The molecule has 1 aromatic rings. The SMILES string of the molecule is O=C1NCC(S(=O)(=O)Nc2ccc(C(F)(F)F)cc2)C(=O)N1. The van der Waals surface area contributed by atoms with Crippen molar-refractivity contribution in [1.82, 2.24) is 10.6 Å². The summed E-state index contributed by atoms with van der Waals surface area (Å²) in [5, 5.41) is 2.36. The van der Waals surface area contributed by atoms with Gasteiger partial charge in [0.2, 0.25) is 15.9 Å². The summed E-state index contributed by atoms with van der Waals surface area (Å²) in [6.07, 6.45) is -4.54. The molecule has 1 fully saturated rings. The Morgan fingerprint density at radius 2 is 1.73 bits per heavy atom. The first kappa shape index (κ1) is 16.1. The fourth-order valence-electron chi connectivity index (χ4n) is 1.73. The third kappa shape index (κ3) is 3.47. The number of sulfonamides is 1. The lowest BCUT2D eigenvalue weighted by atomic mass is 10.2. The van der Waals surface area contributed by atoms with Crippen LogP contribution in [0.15, 0.2) is 24.3 Å². The van der Waals surface area contributed by atoms with Gasteiger partial charge in [0.15, 0.2) is 5.25 Å². The zero-order valence-corrected chi connectivity index (χ0v) is 11.6. The highest BCUT2D eigenvalue weighted by atomic mass is 32.2. The van der Waals surface area contributed by atoms with E-state index < -0.39 is 45.5 Å². The molecule has 3 amide bonds. The Bertz CT molecular complexity index is 700. The standard InChI is InChI=1S/C11H10F3N3O4S/c12-11(13,14)6-1-3-7(4-2-6)17-22(20,21)8-5-15-10(19)16-9(8)18/h1-4,8,17H,5H2,(H2,15,16,18,19). The van der Waals surface area contributed by atoms with Gasteiger partial charge in [0.1, 0.15) is 0 Å². The van der Waals surface area contributed by atoms with Crippen molar-refractivity contribution in [1.29, 1.82) is 0 Å². The third-order valence-corrected chi connectivity index (χ3v) is 4.47. The molecule has 7 nitrogen and oxygen atoms in total. The molecular weight excluding hydrogens is 327 g/mol. The van der Waals surface area contributed by atoms with Crippen LogP contribution in [0.3, 0.4) is 0 Å². The average molecular weight is 337 g/mol. The molecule has 1 atom stereocenters. The van der Waals surface area contributed by atoms with Gasteiger partial charge < -0.3 is 5.32 Å². The molecule has 11 heteroatoms. The Morgan fingerprint density at radius 1 is 1.14 bits per heavy atom. The zero-order chi connectivity index (χ0) is 16.5. The number of rotatable bonds is 3. The van der Waals surface area contributed by atoms with Gasteiger partial charge in [-0.1, -0.05) is 0 Å². The number of carbonyl (C=O) groups excluding carboxylic acids is 2. The van der Waals surface area contributed by atoms with Gasteiger partial charge in [-0.15, -0.1) is 0 Å². The number of hydrogen-bond donors (Lipinski definition) is 3. The first-order valence-electron chi connectivity index (χ1n) is 5.87. The van der Waals surface area contributed by atoms with E-state index in [1.807, 2.05) is 4.72 Å². The second-order valence-corrected chi connectivity index (χ2v) is 6.27. The maximum atomic E-state index is 12.4. The molecule has 1 aliphatic rings. The van der Waals surface area contributed by atoms with Crippen LogP contribution >= 0.6 is 0 Å². The van der Waals surface area contributed by atoms with Gasteiger partial charge in [-0.25, -0.2) is 13.2 Å². The van der Waals surface area contributed by atoms with Crippen LogP contribution in [0.4, 0.5) is 23.7 Å². The van der Waals surface area contributed by atoms with Gasteiger partial charge >= 0.3 is 12.2 Å². The minimum atomic E-state index is -4.54. The van der Waals surface area contributed by atoms with Crippen LogP contribution in [0.25, 0.3) is 0 Å². The second-order valence-electron chi connectivity index (χ2n) is 4.41. The molecule has 1 unspecified atom stereocenters. The molecule has 0 spiro atoms. The van der Waals surface area contributed by atoms with E-state index in [1.54, 1.807) is 5.32 Å². The van der Waals surface area contributed by atoms with Crippen molar-refractivity contribution >= 4 is 27.6 Å². The molecule has 0 saturated carbocycles. The summed E-state index contributed by atoms with van der Waals surface area (Å²) in [6, 6.07) is 2.46. The molecule has 1 aromatic carbocycles. The summed E-state index contributed by atoms with van der Waals surface area (Å²) >= 11 is 0. The summed E-state index contributed by atoms with van der Waals surface area (Å²) in [7, 11) is -4.22. The Balaban J connectivity index is 2.15. The molecule has 3 N–H and O–H groups in total. The highest BCUT2D eigenvalue weighted by Crippen LogP contribution is 2.30. The van der Waals surface area contributed by atoms with Gasteiger partial charge in [-0.2, -0.15) is 13.2 Å². The van der Waals surface area contributed by atoms with E-state index >= 15 is 0 Å². The minimum absolute atomic E-state index is 0.127. The van der Waals surface area contributed by atoms with Crippen LogP contribution < -0.4 is 15.4 Å².